The molecule has 0 radical (unpaired) electrons. The van der Waals surface area contributed by atoms with E-state index in [9.17, 15) is 4.79 Å². The Balaban J connectivity index is 1.68. The Morgan fingerprint density at radius 2 is 2.09 bits per heavy atom. The summed E-state index contributed by atoms with van der Waals surface area (Å²) in [6.45, 7) is 5.23. The van der Waals surface area contributed by atoms with Crippen LogP contribution in [0.15, 0.2) is 36.5 Å². The van der Waals surface area contributed by atoms with Crippen molar-refractivity contribution in [2.45, 2.75) is 38.9 Å². The lowest BCUT2D eigenvalue weighted by atomic mass is 10.0. The van der Waals surface area contributed by atoms with Crippen LogP contribution in [-0.2, 0) is 17.8 Å². The number of likely N-dealkylation sites (tertiary alicyclic amines) is 1. The standard InChI is InChI=1S/C26H32N6O3/c1-4-31-21(14-17-7-5-9-28-24(17)31)25-29-20-13-18(26(33)30-10-6-8-19(27)16-30)15-22(35-3)23(20)32(25)11-12-34-2/h5,7,9,13-15,19H,4,6,8,10-12,16,27H2,1-3H3/t19-/m1/s1. The first-order valence-electron chi connectivity index (χ1n) is 12.1. The van der Waals surface area contributed by atoms with E-state index in [2.05, 4.69) is 33.2 Å². The van der Waals surface area contributed by atoms with Crippen LogP contribution in [0.2, 0.25) is 0 Å². The average Bonchev–Trinajstić information content (AvgIpc) is 3.44. The van der Waals surface area contributed by atoms with Crippen LogP contribution in [0.4, 0.5) is 0 Å². The van der Waals surface area contributed by atoms with Crippen molar-refractivity contribution in [2.75, 3.05) is 33.9 Å². The van der Waals surface area contributed by atoms with E-state index >= 15 is 0 Å². The summed E-state index contributed by atoms with van der Waals surface area (Å²) >= 11 is 0. The maximum atomic E-state index is 13.4. The van der Waals surface area contributed by atoms with Crippen LogP contribution in [0.1, 0.15) is 30.1 Å². The highest BCUT2D eigenvalue weighted by Gasteiger charge is 2.26. The molecule has 1 fully saturated rings. The number of hydrogen-bond donors (Lipinski definition) is 1. The molecular weight excluding hydrogens is 444 g/mol. The van der Waals surface area contributed by atoms with Crippen molar-refractivity contribution in [2.24, 2.45) is 5.73 Å². The van der Waals surface area contributed by atoms with Gasteiger partial charge >= 0.3 is 0 Å². The summed E-state index contributed by atoms with van der Waals surface area (Å²) in [4.78, 5) is 24.8. The molecule has 9 heteroatoms. The summed E-state index contributed by atoms with van der Waals surface area (Å²) in [7, 11) is 3.31. The summed E-state index contributed by atoms with van der Waals surface area (Å²) in [6.07, 6.45) is 3.66. The average molecular weight is 477 g/mol. The molecule has 1 aliphatic heterocycles. The molecule has 184 valence electrons. The van der Waals surface area contributed by atoms with Crippen molar-refractivity contribution in [3.05, 3.63) is 42.1 Å². The number of aryl methyl sites for hydroxylation is 1. The number of nitrogens with two attached hydrogens (primary N) is 1. The molecular formula is C26H32N6O3. The second-order valence-corrected chi connectivity index (χ2v) is 8.97. The molecule has 4 aromatic rings. The van der Waals surface area contributed by atoms with Gasteiger partial charge in [0.15, 0.2) is 5.82 Å². The molecule has 2 N–H and O–H groups in total. The first kappa shape index (κ1) is 23.3. The number of amides is 1. The number of imidazole rings is 1. The number of hydrogen-bond acceptors (Lipinski definition) is 6. The quantitative estimate of drug-likeness (QED) is 0.439. The van der Waals surface area contributed by atoms with E-state index in [1.807, 2.05) is 23.1 Å². The highest BCUT2D eigenvalue weighted by atomic mass is 16.5. The van der Waals surface area contributed by atoms with Gasteiger partial charge in [0, 0.05) is 56.5 Å². The summed E-state index contributed by atoms with van der Waals surface area (Å²) in [6, 6.07) is 9.81. The van der Waals surface area contributed by atoms with Gasteiger partial charge in [0.1, 0.15) is 16.9 Å². The van der Waals surface area contributed by atoms with Crippen molar-refractivity contribution in [1.29, 1.82) is 0 Å². The molecule has 5 rings (SSSR count). The molecule has 0 unspecified atom stereocenters. The van der Waals surface area contributed by atoms with Gasteiger partial charge in [0.05, 0.1) is 24.9 Å². The lowest BCUT2D eigenvalue weighted by Gasteiger charge is -2.30. The molecule has 0 saturated carbocycles. The van der Waals surface area contributed by atoms with Crippen LogP contribution in [0.25, 0.3) is 33.6 Å². The van der Waals surface area contributed by atoms with E-state index in [0.717, 1.165) is 47.5 Å². The van der Waals surface area contributed by atoms with Crippen molar-refractivity contribution in [3.63, 3.8) is 0 Å². The van der Waals surface area contributed by atoms with Crippen LogP contribution < -0.4 is 10.5 Å². The van der Waals surface area contributed by atoms with Gasteiger partial charge in [0.25, 0.3) is 5.91 Å². The maximum absolute atomic E-state index is 13.4. The smallest absolute Gasteiger partial charge is 0.254 e. The molecule has 0 aliphatic carbocycles. The Kier molecular flexibility index (Phi) is 6.44. The van der Waals surface area contributed by atoms with Gasteiger partial charge in [-0.05, 0) is 50.1 Å². The molecule has 4 heterocycles. The Morgan fingerprint density at radius 3 is 2.83 bits per heavy atom. The van der Waals surface area contributed by atoms with Crippen LogP contribution in [0.5, 0.6) is 5.75 Å². The second kappa shape index (κ2) is 9.67. The lowest BCUT2D eigenvalue weighted by Crippen LogP contribution is -2.45. The highest BCUT2D eigenvalue weighted by molar-refractivity contribution is 6.00. The Morgan fingerprint density at radius 1 is 1.23 bits per heavy atom. The first-order valence-corrected chi connectivity index (χ1v) is 12.1. The molecule has 1 saturated heterocycles. The van der Waals surface area contributed by atoms with Gasteiger partial charge in [-0.1, -0.05) is 0 Å². The molecule has 0 spiro atoms. The van der Waals surface area contributed by atoms with E-state index in [4.69, 9.17) is 20.2 Å². The van der Waals surface area contributed by atoms with Crippen LogP contribution >= 0.6 is 0 Å². The Hall–Kier alpha value is -3.43. The number of ether oxygens (including phenoxy) is 2. The van der Waals surface area contributed by atoms with Crippen LogP contribution in [-0.4, -0.2) is 69.9 Å². The molecule has 35 heavy (non-hydrogen) atoms. The molecule has 1 aromatic carbocycles. The Bertz CT molecular complexity index is 1370. The number of rotatable bonds is 7. The van der Waals surface area contributed by atoms with E-state index in [0.29, 0.717) is 43.1 Å². The first-order chi connectivity index (χ1) is 17.0. The van der Waals surface area contributed by atoms with Crippen LogP contribution in [0.3, 0.4) is 0 Å². The summed E-state index contributed by atoms with van der Waals surface area (Å²) in [5.41, 5.74) is 10.1. The summed E-state index contributed by atoms with van der Waals surface area (Å²) < 4.78 is 15.5. The van der Waals surface area contributed by atoms with E-state index < -0.39 is 0 Å². The number of pyridine rings is 1. The van der Waals surface area contributed by atoms with Gasteiger partial charge in [0.2, 0.25) is 0 Å². The minimum Gasteiger partial charge on any atom is -0.494 e. The molecule has 0 bridgehead atoms. The fourth-order valence-corrected chi connectivity index (χ4v) is 5.07. The zero-order valence-electron chi connectivity index (χ0n) is 20.5. The summed E-state index contributed by atoms with van der Waals surface area (Å²) in [5, 5.41) is 1.05. The monoisotopic (exact) mass is 476 g/mol. The number of methoxy groups -OCH3 is 2. The molecule has 9 nitrogen and oxygen atoms in total. The second-order valence-electron chi connectivity index (χ2n) is 8.97. The number of nitrogens with zero attached hydrogens (tertiary/aromatic N) is 5. The molecule has 1 amide bonds. The zero-order chi connectivity index (χ0) is 24.5. The van der Waals surface area contributed by atoms with E-state index in [1.54, 1.807) is 20.4 Å². The van der Waals surface area contributed by atoms with Gasteiger partial charge in [-0.2, -0.15) is 0 Å². The van der Waals surface area contributed by atoms with Crippen molar-refractivity contribution >= 4 is 28.0 Å². The van der Waals surface area contributed by atoms with E-state index in [-0.39, 0.29) is 11.9 Å². The third-order valence-electron chi connectivity index (χ3n) is 6.74. The SMILES string of the molecule is CCn1c(-c2nc3cc(C(=O)N4CCC[C@@H](N)C4)cc(OC)c3n2CCOC)cc2cccnc21. The largest absolute Gasteiger partial charge is 0.494 e. The van der Waals surface area contributed by atoms with Gasteiger partial charge in [-0.25, -0.2) is 9.97 Å². The van der Waals surface area contributed by atoms with Gasteiger partial charge in [-0.15, -0.1) is 0 Å². The number of carbonyl (C=O) groups excluding carboxylic acids is 1. The van der Waals surface area contributed by atoms with Crippen molar-refractivity contribution in [3.8, 4) is 17.3 Å². The third-order valence-corrected chi connectivity index (χ3v) is 6.74. The minimum atomic E-state index is -0.0415. The fraction of sp³-hybridized carbons (Fsp3) is 0.423. The fourth-order valence-electron chi connectivity index (χ4n) is 5.07. The van der Waals surface area contributed by atoms with Gasteiger partial charge < -0.3 is 29.2 Å². The lowest BCUT2D eigenvalue weighted by molar-refractivity contribution is 0.0708. The molecule has 1 aliphatic rings. The Labute approximate surface area is 204 Å². The number of benzene rings is 1. The van der Waals surface area contributed by atoms with E-state index in [1.165, 1.54) is 0 Å². The predicted molar refractivity (Wildman–Crippen MR) is 136 cm³/mol. The molecule has 1 atom stereocenters. The van der Waals surface area contributed by atoms with Crippen LogP contribution in [0, 0.1) is 0 Å². The minimum absolute atomic E-state index is 0.0164. The normalized spacial score (nSPS) is 16.3. The number of fused-ring (bicyclic) bond motifs is 2. The predicted octanol–water partition coefficient (Wildman–Crippen LogP) is 3.29. The molecule has 3 aromatic heterocycles. The topological polar surface area (TPSA) is 100 Å². The highest BCUT2D eigenvalue weighted by Crippen LogP contribution is 2.35. The van der Waals surface area contributed by atoms with Gasteiger partial charge in [-0.3, -0.25) is 4.79 Å². The third kappa shape index (κ3) is 4.15. The number of carbonyl (C=O) groups is 1. The van der Waals surface area contributed by atoms with Crippen molar-refractivity contribution < 1.29 is 14.3 Å². The van der Waals surface area contributed by atoms with Crippen molar-refractivity contribution in [1.82, 2.24) is 24.0 Å². The maximum Gasteiger partial charge on any atom is 0.254 e. The number of aromatic nitrogens is 4. The number of piperidine rings is 1. The zero-order valence-corrected chi connectivity index (χ0v) is 20.5. The summed E-state index contributed by atoms with van der Waals surface area (Å²) in [5.74, 6) is 1.36.